The summed E-state index contributed by atoms with van der Waals surface area (Å²) in [5, 5.41) is 6.16. The predicted octanol–water partition coefficient (Wildman–Crippen LogP) is 3.51. The number of carbonyl (C=O) groups is 1. The van der Waals surface area contributed by atoms with E-state index in [1.54, 1.807) is 18.2 Å². The number of hydrogen-bond acceptors (Lipinski definition) is 3. The van der Waals surface area contributed by atoms with Crippen LogP contribution in [-0.4, -0.2) is 32.1 Å². The van der Waals surface area contributed by atoms with Gasteiger partial charge in [-0.15, -0.1) is 0 Å². The average molecular weight is 321 g/mol. The zero-order valence-electron chi connectivity index (χ0n) is 11.4. The fraction of sp³-hybridized carbons (Fsp3) is 0.462. The van der Waals surface area contributed by atoms with Crippen LogP contribution in [0, 0.1) is 0 Å². The Kier molecular flexibility index (Phi) is 7.69. The molecule has 2 N–H and O–H groups in total. The van der Waals surface area contributed by atoms with Gasteiger partial charge < -0.3 is 20.1 Å². The lowest BCUT2D eigenvalue weighted by Gasteiger charge is -2.17. The molecule has 1 aromatic rings. The van der Waals surface area contributed by atoms with Crippen LogP contribution in [0.15, 0.2) is 18.2 Å². The third-order valence-corrected chi connectivity index (χ3v) is 2.86. The molecule has 0 heterocycles. The number of halogens is 2. The first-order valence-corrected chi connectivity index (χ1v) is 7.05. The van der Waals surface area contributed by atoms with Crippen LogP contribution in [0.4, 0.5) is 10.5 Å². The Bertz CT molecular complexity index is 438. The Hall–Kier alpha value is -1.01. The lowest BCUT2D eigenvalue weighted by molar-refractivity contribution is -0.131. The average Bonchev–Trinajstić information content (AvgIpc) is 2.40. The van der Waals surface area contributed by atoms with Gasteiger partial charge in [-0.25, -0.2) is 4.79 Å². The summed E-state index contributed by atoms with van der Waals surface area (Å²) >= 11 is 11.7. The van der Waals surface area contributed by atoms with Crippen molar-refractivity contribution in [1.82, 2.24) is 5.32 Å². The quantitative estimate of drug-likeness (QED) is 0.756. The van der Waals surface area contributed by atoms with Gasteiger partial charge >= 0.3 is 6.03 Å². The lowest BCUT2D eigenvalue weighted by Crippen LogP contribution is -2.37. The molecule has 112 valence electrons. The van der Waals surface area contributed by atoms with E-state index in [9.17, 15) is 4.79 Å². The van der Waals surface area contributed by atoms with Gasteiger partial charge in [-0.2, -0.15) is 0 Å². The molecule has 20 heavy (non-hydrogen) atoms. The van der Waals surface area contributed by atoms with Crippen LogP contribution >= 0.6 is 23.2 Å². The summed E-state index contributed by atoms with van der Waals surface area (Å²) in [5.41, 5.74) is 0.484. The zero-order valence-corrected chi connectivity index (χ0v) is 12.9. The Balaban J connectivity index is 2.46. The number of amides is 2. The van der Waals surface area contributed by atoms with Crippen LogP contribution in [-0.2, 0) is 9.47 Å². The first-order valence-electron chi connectivity index (χ1n) is 6.29. The van der Waals surface area contributed by atoms with Gasteiger partial charge in [0.25, 0.3) is 0 Å². The maximum atomic E-state index is 11.7. The van der Waals surface area contributed by atoms with Crippen LogP contribution in [0.1, 0.15) is 13.8 Å². The zero-order chi connectivity index (χ0) is 15.0. The van der Waals surface area contributed by atoms with Crippen LogP contribution in [0.5, 0.6) is 0 Å². The highest BCUT2D eigenvalue weighted by molar-refractivity contribution is 6.36. The van der Waals surface area contributed by atoms with Crippen molar-refractivity contribution in [3.05, 3.63) is 28.2 Å². The van der Waals surface area contributed by atoms with Gasteiger partial charge in [-0.1, -0.05) is 23.2 Å². The molecule has 1 rings (SSSR count). The molecule has 0 bridgehead atoms. The molecule has 7 heteroatoms. The molecule has 5 nitrogen and oxygen atoms in total. The van der Waals surface area contributed by atoms with Crippen LogP contribution < -0.4 is 10.6 Å². The van der Waals surface area contributed by atoms with E-state index in [-0.39, 0.29) is 6.54 Å². The highest BCUT2D eigenvalue weighted by atomic mass is 35.5. The normalized spacial score (nSPS) is 10.7. The first-order chi connectivity index (χ1) is 9.56. The number of rotatable bonds is 7. The third kappa shape index (κ3) is 5.96. The molecule has 0 radical (unpaired) electrons. The minimum absolute atomic E-state index is 0.249. The van der Waals surface area contributed by atoms with Gasteiger partial charge in [0.05, 0.1) is 17.3 Å². The maximum Gasteiger partial charge on any atom is 0.319 e. The predicted molar refractivity (Wildman–Crippen MR) is 80.5 cm³/mol. The molecule has 0 fully saturated rings. The van der Waals surface area contributed by atoms with Gasteiger partial charge in [0.15, 0.2) is 6.29 Å². The number of nitrogens with one attached hydrogen (secondary N) is 2. The molecule has 0 aliphatic carbocycles. The smallest absolute Gasteiger partial charge is 0.319 e. The second-order valence-electron chi connectivity index (χ2n) is 3.80. The molecule has 0 saturated carbocycles. The van der Waals surface area contributed by atoms with Crippen LogP contribution in [0.25, 0.3) is 0 Å². The number of urea groups is 1. The topological polar surface area (TPSA) is 59.6 Å². The van der Waals surface area contributed by atoms with Gasteiger partial charge in [-0.05, 0) is 32.0 Å². The molecular formula is C13H18Cl2N2O3. The number of ether oxygens (including phenoxy) is 2. The number of carbonyl (C=O) groups excluding carboxylic acids is 1. The molecular weight excluding hydrogens is 303 g/mol. The summed E-state index contributed by atoms with van der Waals surface area (Å²) in [7, 11) is 0. The van der Waals surface area contributed by atoms with Gasteiger partial charge in [0.2, 0.25) is 0 Å². The van der Waals surface area contributed by atoms with E-state index in [4.69, 9.17) is 32.7 Å². The van der Waals surface area contributed by atoms with E-state index < -0.39 is 12.3 Å². The second kappa shape index (κ2) is 9.02. The van der Waals surface area contributed by atoms with Crippen molar-refractivity contribution in [3.63, 3.8) is 0 Å². The summed E-state index contributed by atoms with van der Waals surface area (Å²) in [4.78, 5) is 11.7. The molecule has 0 aromatic heterocycles. The van der Waals surface area contributed by atoms with E-state index in [0.717, 1.165) is 0 Å². The standard InChI is InChI=1S/C13H18Cl2N2O3/c1-3-19-12(20-4-2)8-16-13(18)17-11-6-5-9(14)7-10(11)15/h5-7,12H,3-4,8H2,1-2H3,(H2,16,17,18). The Labute approximate surface area is 128 Å². The fourth-order valence-electron chi connectivity index (χ4n) is 1.47. The maximum absolute atomic E-state index is 11.7. The number of hydrogen-bond donors (Lipinski definition) is 2. The molecule has 0 spiro atoms. The fourth-order valence-corrected chi connectivity index (χ4v) is 1.93. The van der Waals surface area contributed by atoms with Gasteiger partial charge in [0.1, 0.15) is 0 Å². The van der Waals surface area contributed by atoms with Crippen molar-refractivity contribution in [1.29, 1.82) is 0 Å². The van der Waals surface area contributed by atoms with Gasteiger partial charge in [-0.3, -0.25) is 0 Å². The minimum Gasteiger partial charge on any atom is -0.351 e. The van der Waals surface area contributed by atoms with E-state index >= 15 is 0 Å². The van der Waals surface area contributed by atoms with Crippen molar-refractivity contribution < 1.29 is 14.3 Å². The van der Waals surface area contributed by atoms with Gasteiger partial charge in [0, 0.05) is 18.2 Å². The van der Waals surface area contributed by atoms with Crippen molar-refractivity contribution in [2.45, 2.75) is 20.1 Å². The summed E-state index contributed by atoms with van der Waals surface area (Å²) < 4.78 is 10.6. The van der Waals surface area contributed by atoms with Crippen molar-refractivity contribution in [2.75, 3.05) is 25.1 Å². The Morgan fingerprint density at radius 2 is 1.90 bits per heavy atom. The largest absolute Gasteiger partial charge is 0.351 e. The SMILES string of the molecule is CCOC(CNC(=O)Nc1ccc(Cl)cc1Cl)OCC. The summed E-state index contributed by atoms with van der Waals surface area (Å²) in [6.45, 7) is 4.99. The number of anilines is 1. The first kappa shape index (κ1) is 17.0. The monoisotopic (exact) mass is 320 g/mol. The number of benzene rings is 1. The molecule has 0 unspecified atom stereocenters. The van der Waals surface area contributed by atoms with Crippen molar-refractivity contribution >= 4 is 34.9 Å². The Morgan fingerprint density at radius 3 is 2.45 bits per heavy atom. The second-order valence-corrected chi connectivity index (χ2v) is 4.64. The summed E-state index contributed by atoms with van der Waals surface area (Å²) in [5.74, 6) is 0. The molecule has 0 saturated heterocycles. The van der Waals surface area contributed by atoms with E-state index in [1.165, 1.54) is 0 Å². The van der Waals surface area contributed by atoms with Crippen LogP contribution in [0.2, 0.25) is 10.0 Å². The molecule has 0 aliphatic rings. The molecule has 1 aromatic carbocycles. The van der Waals surface area contributed by atoms with E-state index in [0.29, 0.717) is 28.9 Å². The van der Waals surface area contributed by atoms with E-state index in [2.05, 4.69) is 10.6 Å². The minimum atomic E-state index is -0.462. The Morgan fingerprint density at radius 1 is 1.25 bits per heavy atom. The van der Waals surface area contributed by atoms with E-state index in [1.807, 2.05) is 13.8 Å². The van der Waals surface area contributed by atoms with Crippen LogP contribution in [0.3, 0.4) is 0 Å². The molecule has 0 aliphatic heterocycles. The summed E-state index contributed by atoms with van der Waals surface area (Å²) in [6, 6.07) is 4.44. The molecule has 2 amide bonds. The lowest BCUT2D eigenvalue weighted by atomic mass is 10.3. The third-order valence-electron chi connectivity index (χ3n) is 2.31. The highest BCUT2D eigenvalue weighted by Crippen LogP contribution is 2.25. The van der Waals surface area contributed by atoms with Crippen molar-refractivity contribution in [3.8, 4) is 0 Å². The van der Waals surface area contributed by atoms with Crippen molar-refractivity contribution in [2.24, 2.45) is 0 Å². The highest BCUT2D eigenvalue weighted by Gasteiger charge is 2.11. The molecule has 0 atom stereocenters. The summed E-state index contributed by atoms with van der Waals surface area (Å²) in [6.07, 6.45) is -0.462.